The highest BCUT2D eigenvalue weighted by atomic mass is 32.2. The first-order chi connectivity index (χ1) is 16.5. The van der Waals surface area contributed by atoms with Crippen LogP contribution in [-0.2, 0) is 21.3 Å². The molecule has 2 saturated heterocycles. The van der Waals surface area contributed by atoms with Crippen LogP contribution in [0.15, 0.2) is 42.5 Å². The number of fused-ring (bicyclic) bond motifs is 1. The molecule has 34 heavy (non-hydrogen) atoms. The van der Waals surface area contributed by atoms with E-state index in [4.69, 9.17) is 15.2 Å². The van der Waals surface area contributed by atoms with Crippen molar-refractivity contribution < 1.29 is 17.9 Å². The lowest BCUT2D eigenvalue weighted by Crippen LogP contribution is -2.38. The summed E-state index contributed by atoms with van der Waals surface area (Å²) in [6.07, 6.45) is 0.665. The maximum atomic E-state index is 12.3. The minimum atomic E-state index is -3.20. The van der Waals surface area contributed by atoms with Crippen LogP contribution in [0.3, 0.4) is 0 Å². The number of benzene rings is 2. The van der Waals surface area contributed by atoms with E-state index in [2.05, 4.69) is 22.5 Å². The number of rotatable bonds is 7. The summed E-state index contributed by atoms with van der Waals surface area (Å²) in [4.78, 5) is 2.35. The van der Waals surface area contributed by atoms with E-state index < -0.39 is 10.0 Å². The highest BCUT2D eigenvalue weighted by Crippen LogP contribution is 2.38. The molecule has 2 aliphatic rings. The molecule has 2 fully saturated rings. The normalized spacial score (nSPS) is 18.6. The summed E-state index contributed by atoms with van der Waals surface area (Å²) in [5.74, 6) is 1.04. The molecule has 2 aromatic carbocycles. The Morgan fingerprint density at radius 2 is 1.82 bits per heavy atom. The van der Waals surface area contributed by atoms with E-state index >= 15 is 0 Å². The highest BCUT2D eigenvalue weighted by Gasteiger charge is 2.28. The van der Waals surface area contributed by atoms with Gasteiger partial charge in [-0.1, -0.05) is 12.1 Å². The number of aromatic nitrogens is 1. The molecule has 0 spiro atoms. The molecule has 0 radical (unpaired) electrons. The van der Waals surface area contributed by atoms with Crippen molar-refractivity contribution in [1.29, 1.82) is 0 Å². The number of hydrogen-bond donors (Lipinski definition) is 1. The molecule has 9 heteroatoms. The highest BCUT2D eigenvalue weighted by molar-refractivity contribution is 7.93. The van der Waals surface area contributed by atoms with Gasteiger partial charge in [0.2, 0.25) is 10.0 Å². The average molecular weight is 485 g/mol. The van der Waals surface area contributed by atoms with E-state index in [9.17, 15) is 8.42 Å². The lowest BCUT2D eigenvalue weighted by Gasteiger charge is -2.26. The summed E-state index contributed by atoms with van der Waals surface area (Å²) >= 11 is 0. The molecule has 0 aliphatic carbocycles. The van der Waals surface area contributed by atoms with Gasteiger partial charge in [0.25, 0.3) is 0 Å². The Bertz CT molecular complexity index is 1260. The molecule has 0 amide bonds. The summed E-state index contributed by atoms with van der Waals surface area (Å²) in [5, 5.41) is 0.989. The Morgan fingerprint density at radius 3 is 2.50 bits per heavy atom. The molecule has 0 saturated carbocycles. The second-order valence-electron chi connectivity index (χ2n) is 8.78. The molecule has 8 nitrogen and oxygen atoms in total. The van der Waals surface area contributed by atoms with Crippen LogP contribution in [-0.4, -0.2) is 69.6 Å². The summed E-state index contributed by atoms with van der Waals surface area (Å²) in [6.45, 7) is 8.35. The third-order valence-electron chi connectivity index (χ3n) is 6.70. The first-order valence-electron chi connectivity index (χ1n) is 11.9. The van der Waals surface area contributed by atoms with E-state index in [1.54, 1.807) is 0 Å². The topological polar surface area (TPSA) is 90.0 Å². The molecule has 2 aliphatic heterocycles. The number of sulfonamides is 1. The Morgan fingerprint density at radius 1 is 1.06 bits per heavy atom. The van der Waals surface area contributed by atoms with E-state index in [0.29, 0.717) is 25.3 Å². The summed E-state index contributed by atoms with van der Waals surface area (Å²) < 4.78 is 39.7. The van der Waals surface area contributed by atoms with Crippen LogP contribution in [0, 0.1) is 0 Å². The summed E-state index contributed by atoms with van der Waals surface area (Å²) in [5.41, 5.74) is 11.0. The van der Waals surface area contributed by atoms with Gasteiger partial charge in [-0.05, 0) is 37.6 Å². The van der Waals surface area contributed by atoms with Gasteiger partial charge in [0.1, 0.15) is 12.4 Å². The zero-order valence-electron chi connectivity index (χ0n) is 19.6. The van der Waals surface area contributed by atoms with Crippen LogP contribution in [0.25, 0.3) is 22.2 Å². The van der Waals surface area contributed by atoms with Gasteiger partial charge >= 0.3 is 0 Å². The Balaban J connectivity index is 1.39. The lowest BCUT2D eigenvalue weighted by atomic mass is 10.1. The van der Waals surface area contributed by atoms with Gasteiger partial charge in [0.15, 0.2) is 0 Å². The quantitative estimate of drug-likeness (QED) is 0.554. The van der Waals surface area contributed by atoms with E-state index in [1.807, 2.05) is 36.4 Å². The molecular weight excluding hydrogens is 452 g/mol. The van der Waals surface area contributed by atoms with Gasteiger partial charge in [0, 0.05) is 49.7 Å². The van der Waals surface area contributed by atoms with Crippen molar-refractivity contribution in [1.82, 2.24) is 9.47 Å². The summed E-state index contributed by atoms with van der Waals surface area (Å²) in [6, 6.07) is 13.7. The Kier molecular flexibility index (Phi) is 6.42. The van der Waals surface area contributed by atoms with Crippen LogP contribution in [0.1, 0.15) is 13.3 Å². The van der Waals surface area contributed by atoms with Gasteiger partial charge in [-0.15, -0.1) is 0 Å². The van der Waals surface area contributed by atoms with Crippen LogP contribution in [0.4, 0.5) is 11.4 Å². The molecule has 0 unspecified atom stereocenters. The van der Waals surface area contributed by atoms with Gasteiger partial charge in [-0.3, -0.25) is 9.21 Å². The number of anilines is 2. The van der Waals surface area contributed by atoms with Crippen molar-refractivity contribution in [3.05, 3.63) is 42.5 Å². The largest absolute Gasteiger partial charge is 0.492 e. The first-order valence-corrected chi connectivity index (χ1v) is 13.5. The van der Waals surface area contributed by atoms with Crippen molar-refractivity contribution in [3.8, 4) is 17.0 Å². The van der Waals surface area contributed by atoms with E-state index in [-0.39, 0.29) is 5.75 Å². The molecule has 5 rings (SSSR count). The number of nitrogens with two attached hydrogens (primary N) is 1. The second kappa shape index (κ2) is 9.48. The van der Waals surface area contributed by atoms with Crippen molar-refractivity contribution in [2.45, 2.75) is 19.9 Å². The standard InChI is InChI=1S/C25H32N4O4S/c1-2-28-23-18-21(33-16-13-27-11-14-32-15-12-27)8-9-22(23)24(26)25(28)19-4-6-20(7-5-19)29-10-3-17-34(29,30)31/h4-9,18H,2-3,10-17,26H2,1H3. The smallest absolute Gasteiger partial charge is 0.235 e. The van der Waals surface area contributed by atoms with Crippen LogP contribution < -0.4 is 14.8 Å². The average Bonchev–Trinajstić information content (AvgIpc) is 3.35. The number of nitrogens with zero attached hydrogens (tertiary/aromatic N) is 3. The monoisotopic (exact) mass is 484 g/mol. The fraction of sp³-hybridized carbons (Fsp3) is 0.440. The second-order valence-corrected chi connectivity index (χ2v) is 10.8. The van der Waals surface area contributed by atoms with Crippen LogP contribution in [0.5, 0.6) is 5.75 Å². The number of ether oxygens (including phenoxy) is 2. The van der Waals surface area contributed by atoms with E-state index in [1.165, 1.54) is 4.31 Å². The lowest BCUT2D eigenvalue weighted by molar-refractivity contribution is 0.0322. The molecule has 1 aromatic heterocycles. The molecule has 0 bridgehead atoms. The number of hydrogen-bond acceptors (Lipinski definition) is 6. The van der Waals surface area contributed by atoms with Crippen molar-refractivity contribution in [3.63, 3.8) is 0 Å². The van der Waals surface area contributed by atoms with Gasteiger partial charge in [-0.2, -0.15) is 0 Å². The van der Waals surface area contributed by atoms with E-state index in [0.717, 1.165) is 73.0 Å². The predicted molar refractivity (Wildman–Crippen MR) is 136 cm³/mol. The van der Waals surface area contributed by atoms with Crippen molar-refractivity contribution in [2.75, 3.05) is 61.8 Å². The fourth-order valence-electron chi connectivity index (χ4n) is 4.92. The number of nitrogen functional groups attached to an aromatic ring is 1. The molecule has 0 atom stereocenters. The molecule has 3 heterocycles. The minimum Gasteiger partial charge on any atom is -0.492 e. The zero-order chi connectivity index (χ0) is 23.7. The van der Waals surface area contributed by atoms with Crippen LogP contribution >= 0.6 is 0 Å². The molecule has 2 N–H and O–H groups in total. The number of morpholine rings is 1. The maximum absolute atomic E-state index is 12.3. The fourth-order valence-corrected chi connectivity index (χ4v) is 6.48. The number of aryl methyl sites for hydroxylation is 1. The van der Waals surface area contributed by atoms with Gasteiger partial charge < -0.3 is 19.8 Å². The molecule has 182 valence electrons. The third-order valence-corrected chi connectivity index (χ3v) is 8.57. The zero-order valence-corrected chi connectivity index (χ0v) is 20.4. The van der Waals surface area contributed by atoms with Crippen LogP contribution in [0.2, 0.25) is 0 Å². The predicted octanol–water partition coefficient (Wildman–Crippen LogP) is 3.16. The van der Waals surface area contributed by atoms with Crippen molar-refractivity contribution >= 4 is 32.3 Å². The SMILES string of the molecule is CCn1c(-c2ccc(N3CCCS3(=O)=O)cc2)c(N)c2ccc(OCCN3CCOCC3)cc21. The van der Waals surface area contributed by atoms with Crippen molar-refractivity contribution in [2.24, 2.45) is 0 Å². The first kappa shape index (κ1) is 23.0. The molecular formula is C25H32N4O4S. The van der Waals surface area contributed by atoms with Gasteiger partial charge in [0.05, 0.1) is 41.6 Å². The third kappa shape index (κ3) is 4.35. The Labute approximate surface area is 200 Å². The summed E-state index contributed by atoms with van der Waals surface area (Å²) in [7, 11) is -3.20. The molecule has 3 aromatic rings. The van der Waals surface area contributed by atoms with Gasteiger partial charge in [-0.25, -0.2) is 8.42 Å². The minimum absolute atomic E-state index is 0.211. The maximum Gasteiger partial charge on any atom is 0.235 e. The Hall–Kier alpha value is -2.75.